The average Bonchev–Trinajstić information content (AvgIpc) is 2.78. The SMILES string of the molecule is Cc1cccc(N2CCN(C(=O)c3cc(=O)c(OCc4ccccc4)co3)CC2)c1. The molecule has 0 bridgehead atoms. The van der Waals surface area contributed by atoms with Gasteiger partial charge < -0.3 is 19.0 Å². The first-order chi connectivity index (χ1) is 14.6. The fraction of sp³-hybridized carbons (Fsp3) is 0.250. The molecule has 0 radical (unpaired) electrons. The number of carbonyl (C=O) groups excluding carboxylic acids is 1. The Bertz CT molecular complexity index is 1070. The number of rotatable bonds is 5. The molecule has 4 rings (SSSR count). The van der Waals surface area contributed by atoms with Crippen LogP contribution >= 0.6 is 0 Å². The van der Waals surface area contributed by atoms with Crippen molar-refractivity contribution in [1.82, 2.24) is 4.90 Å². The molecule has 0 aliphatic carbocycles. The van der Waals surface area contributed by atoms with Crippen LogP contribution < -0.4 is 15.1 Å². The predicted octanol–water partition coefficient (Wildman–Crippen LogP) is 3.49. The van der Waals surface area contributed by atoms with Crippen molar-refractivity contribution in [2.45, 2.75) is 13.5 Å². The molecule has 1 aliphatic rings. The van der Waals surface area contributed by atoms with Crippen LogP contribution in [0.5, 0.6) is 5.75 Å². The van der Waals surface area contributed by atoms with E-state index in [2.05, 4.69) is 30.0 Å². The van der Waals surface area contributed by atoms with Gasteiger partial charge in [-0.05, 0) is 30.2 Å². The molecule has 1 fully saturated rings. The monoisotopic (exact) mass is 404 g/mol. The van der Waals surface area contributed by atoms with Gasteiger partial charge in [-0.25, -0.2) is 0 Å². The minimum Gasteiger partial charge on any atom is -0.482 e. The standard InChI is InChI=1S/C24H24N2O4/c1-18-6-5-9-20(14-18)25-10-12-26(13-11-25)24(28)22-15-21(27)23(17-30-22)29-16-19-7-3-2-4-8-19/h2-9,14-15,17H,10-13,16H2,1H3. The van der Waals surface area contributed by atoms with E-state index in [0.717, 1.165) is 24.3 Å². The fourth-order valence-corrected chi connectivity index (χ4v) is 3.50. The molecule has 0 spiro atoms. The third kappa shape index (κ3) is 4.54. The van der Waals surface area contributed by atoms with E-state index in [1.165, 1.54) is 17.9 Å². The normalized spacial score (nSPS) is 13.9. The molecule has 30 heavy (non-hydrogen) atoms. The lowest BCUT2D eigenvalue weighted by Crippen LogP contribution is -2.48. The maximum Gasteiger partial charge on any atom is 0.289 e. The number of hydrogen-bond acceptors (Lipinski definition) is 5. The summed E-state index contributed by atoms with van der Waals surface area (Å²) < 4.78 is 11.0. The molecule has 0 saturated carbocycles. The van der Waals surface area contributed by atoms with Gasteiger partial charge in [0, 0.05) is 37.9 Å². The number of nitrogens with zero attached hydrogens (tertiary/aromatic N) is 2. The van der Waals surface area contributed by atoms with E-state index in [0.29, 0.717) is 13.1 Å². The first-order valence-electron chi connectivity index (χ1n) is 10.0. The van der Waals surface area contributed by atoms with Crippen molar-refractivity contribution < 1.29 is 13.9 Å². The zero-order valence-corrected chi connectivity index (χ0v) is 16.9. The number of benzene rings is 2. The number of anilines is 1. The van der Waals surface area contributed by atoms with E-state index in [1.807, 2.05) is 36.4 Å². The van der Waals surface area contributed by atoms with Gasteiger partial charge in [-0.15, -0.1) is 0 Å². The second-order valence-electron chi connectivity index (χ2n) is 7.37. The number of ether oxygens (including phenoxy) is 1. The van der Waals surface area contributed by atoms with E-state index in [4.69, 9.17) is 9.15 Å². The third-order valence-electron chi connectivity index (χ3n) is 5.18. The van der Waals surface area contributed by atoms with Gasteiger partial charge in [-0.2, -0.15) is 0 Å². The molecule has 2 aromatic carbocycles. The predicted molar refractivity (Wildman–Crippen MR) is 115 cm³/mol. The zero-order valence-electron chi connectivity index (χ0n) is 16.9. The molecule has 6 heteroatoms. The molecule has 6 nitrogen and oxygen atoms in total. The van der Waals surface area contributed by atoms with Crippen molar-refractivity contribution >= 4 is 11.6 Å². The molecule has 1 amide bonds. The van der Waals surface area contributed by atoms with E-state index < -0.39 is 0 Å². The number of carbonyl (C=O) groups is 1. The van der Waals surface area contributed by atoms with Gasteiger partial charge in [-0.1, -0.05) is 42.5 Å². The summed E-state index contributed by atoms with van der Waals surface area (Å²) in [5.41, 5.74) is 2.96. The quantitative estimate of drug-likeness (QED) is 0.651. The zero-order chi connectivity index (χ0) is 20.9. The third-order valence-corrected chi connectivity index (χ3v) is 5.18. The van der Waals surface area contributed by atoms with Gasteiger partial charge in [0.2, 0.25) is 11.2 Å². The van der Waals surface area contributed by atoms with Gasteiger partial charge in [0.05, 0.1) is 0 Å². The summed E-state index contributed by atoms with van der Waals surface area (Å²) in [6.45, 7) is 4.94. The highest BCUT2D eigenvalue weighted by atomic mass is 16.5. The Kier molecular flexibility index (Phi) is 5.84. The Balaban J connectivity index is 1.37. The molecule has 0 atom stereocenters. The van der Waals surface area contributed by atoms with Crippen LogP contribution in [0.3, 0.4) is 0 Å². The van der Waals surface area contributed by atoms with Crippen molar-refractivity contribution in [1.29, 1.82) is 0 Å². The Hall–Kier alpha value is -3.54. The van der Waals surface area contributed by atoms with Crippen molar-refractivity contribution in [3.8, 4) is 5.75 Å². The first kappa shape index (κ1) is 19.8. The second-order valence-corrected chi connectivity index (χ2v) is 7.37. The summed E-state index contributed by atoms with van der Waals surface area (Å²) in [7, 11) is 0. The lowest BCUT2D eigenvalue weighted by atomic mass is 10.2. The second kappa shape index (κ2) is 8.86. The molecular formula is C24H24N2O4. The fourth-order valence-electron chi connectivity index (χ4n) is 3.50. The van der Waals surface area contributed by atoms with Crippen molar-refractivity contribution in [2.75, 3.05) is 31.1 Å². The van der Waals surface area contributed by atoms with Crippen molar-refractivity contribution in [2.24, 2.45) is 0 Å². The van der Waals surface area contributed by atoms with E-state index in [-0.39, 0.29) is 29.5 Å². The number of hydrogen-bond donors (Lipinski definition) is 0. The number of piperazine rings is 1. The van der Waals surface area contributed by atoms with Gasteiger partial charge in [0.1, 0.15) is 12.9 Å². The Morgan fingerprint density at radius 1 is 1.00 bits per heavy atom. The van der Waals surface area contributed by atoms with Crippen LogP contribution in [0.2, 0.25) is 0 Å². The Labute approximate surface area is 175 Å². The van der Waals surface area contributed by atoms with E-state index in [9.17, 15) is 9.59 Å². The van der Waals surface area contributed by atoms with Crippen LogP contribution in [0.25, 0.3) is 0 Å². The van der Waals surface area contributed by atoms with Crippen LogP contribution in [0, 0.1) is 6.92 Å². The maximum absolute atomic E-state index is 12.8. The molecule has 154 valence electrons. The molecule has 1 aromatic heterocycles. The summed E-state index contributed by atoms with van der Waals surface area (Å²) in [5, 5.41) is 0. The lowest BCUT2D eigenvalue weighted by molar-refractivity contribution is 0.0711. The van der Waals surface area contributed by atoms with Crippen molar-refractivity contribution in [3.05, 3.63) is 94.0 Å². The van der Waals surface area contributed by atoms with Crippen LogP contribution in [0.4, 0.5) is 5.69 Å². The molecule has 1 saturated heterocycles. The highest BCUT2D eigenvalue weighted by Crippen LogP contribution is 2.19. The number of amides is 1. The Morgan fingerprint density at radius 2 is 1.77 bits per heavy atom. The summed E-state index contributed by atoms with van der Waals surface area (Å²) in [5.74, 6) is -0.138. The molecular weight excluding hydrogens is 380 g/mol. The van der Waals surface area contributed by atoms with Gasteiger partial charge in [-0.3, -0.25) is 9.59 Å². The van der Waals surface area contributed by atoms with Crippen LogP contribution in [-0.2, 0) is 6.61 Å². The van der Waals surface area contributed by atoms with E-state index in [1.54, 1.807) is 4.90 Å². The summed E-state index contributed by atoms with van der Waals surface area (Å²) >= 11 is 0. The highest BCUT2D eigenvalue weighted by Gasteiger charge is 2.24. The molecule has 2 heterocycles. The molecule has 0 unspecified atom stereocenters. The number of aryl methyl sites for hydroxylation is 1. The maximum atomic E-state index is 12.8. The van der Waals surface area contributed by atoms with E-state index >= 15 is 0 Å². The van der Waals surface area contributed by atoms with Crippen LogP contribution in [-0.4, -0.2) is 37.0 Å². The van der Waals surface area contributed by atoms with Crippen molar-refractivity contribution in [3.63, 3.8) is 0 Å². The van der Waals surface area contributed by atoms with Crippen LogP contribution in [0.1, 0.15) is 21.7 Å². The molecule has 0 N–H and O–H groups in total. The van der Waals surface area contributed by atoms with Gasteiger partial charge >= 0.3 is 0 Å². The van der Waals surface area contributed by atoms with Crippen LogP contribution in [0.15, 0.2) is 76.1 Å². The summed E-state index contributed by atoms with van der Waals surface area (Å²) in [4.78, 5) is 29.1. The molecule has 3 aromatic rings. The van der Waals surface area contributed by atoms with Gasteiger partial charge in [0.15, 0.2) is 5.76 Å². The minimum atomic E-state index is -0.362. The topological polar surface area (TPSA) is 63.0 Å². The summed E-state index contributed by atoms with van der Waals surface area (Å²) in [6, 6.07) is 19.1. The molecule has 1 aliphatic heterocycles. The average molecular weight is 404 g/mol. The first-order valence-corrected chi connectivity index (χ1v) is 10.0. The van der Waals surface area contributed by atoms with Gasteiger partial charge in [0.25, 0.3) is 5.91 Å². The Morgan fingerprint density at radius 3 is 2.47 bits per heavy atom. The smallest absolute Gasteiger partial charge is 0.289 e. The minimum absolute atomic E-state index is 0.0380. The highest BCUT2D eigenvalue weighted by molar-refractivity contribution is 5.91. The summed E-state index contributed by atoms with van der Waals surface area (Å²) in [6.07, 6.45) is 1.22. The largest absolute Gasteiger partial charge is 0.482 e. The lowest BCUT2D eigenvalue weighted by Gasteiger charge is -2.36.